The first-order valence-corrected chi connectivity index (χ1v) is 9.22. The van der Waals surface area contributed by atoms with Gasteiger partial charge in [0.1, 0.15) is 0 Å². The van der Waals surface area contributed by atoms with E-state index >= 15 is 0 Å². The lowest BCUT2D eigenvalue weighted by Gasteiger charge is -2.20. The van der Waals surface area contributed by atoms with Gasteiger partial charge in [0.2, 0.25) is 0 Å². The minimum atomic E-state index is -0.111. The van der Waals surface area contributed by atoms with E-state index in [2.05, 4.69) is 31.3 Å². The highest BCUT2D eigenvalue weighted by molar-refractivity contribution is 6.30. The third kappa shape index (κ3) is 3.17. The van der Waals surface area contributed by atoms with Crippen LogP contribution >= 0.6 is 0 Å². The summed E-state index contributed by atoms with van der Waals surface area (Å²) in [5, 5.41) is 3.32. The fourth-order valence-corrected chi connectivity index (χ4v) is 3.60. The third-order valence-electron chi connectivity index (χ3n) is 4.83. The number of nitrogens with one attached hydrogen (secondary N) is 1. The normalized spacial score (nSPS) is 12.7. The molecule has 0 saturated heterocycles. The molecule has 1 N–H and O–H groups in total. The van der Waals surface area contributed by atoms with Crippen LogP contribution in [0.2, 0.25) is 0 Å². The fraction of sp³-hybridized carbons (Fsp3) is 0.167. The summed E-state index contributed by atoms with van der Waals surface area (Å²) in [6.07, 6.45) is 1.03. The number of carbonyl (C=O) groups excluding carboxylic acids is 2. The Kier molecular flexibility index (Phi) is 4.36. The maximum atomic E-state index is 13.0. The van der Waals surface area contributed by atoms with Crippen molar-refractivity contribution in [2.45, 2.75) is 20.3 Å². The van der Waals surface area contributed by atoms with Gasteiger partial charge in [-0.25, -0.2) is 0 Å². The van der Waals surface area contributed by atoms with Gasteiger partial charge in [0.15, 0.2) is 11.6 Å². The molecule has 0 aromatic heterocycles. The number of anilines is 2. The van der Waals surface area contributed by atoms with Crippen LogP contribution in [0.3, 0.4) is 0 Å². The smallest absolute Gasteiger partial charge is 0.196 e. The zero-order valence-electron chi connectivity index (χ0n) is 15.5. The third-order valence-corrected chi connectivity index (χ3v) is 4.83. The summed E-state index contributed by atoms with van der Waals surface area (Å²) >= 11 is 0. The average Bonchev–Trinajstić information content (AvgIpc) is 2.67. The van der Waals surface area contributed by atoms with E-state index in [0.29, 0.717) is 33.9 Å². The number of hydrogen-bond donors (Lipinski definition) is 1. The highest BCUT2D eigenvalue weighted by Crippen LogP contribution is 2.33. The van der Waals surface area contributed by atoms with Crippen molar-refractivity contribution >= 4 is 22.9 Å². The summed E-state index contributed by atoms with van der Waals surface area (Å²) in [5.41, 5.74) is 4.70. The maximum Gasteiger partial charge on any atom is 0.196 e. The van der Waals surface area contributed by atoms with Crippen LogP contribution in [0.15, 0.2) is 66.7 Å². The van der Waals surface area contributed by atoms with Gasteiger partial charge in [-0.2, -0.15) is 0 Å². The first-order valence-electron chi connectivity index (χ1n) is 9.22. The lowest BCUT2D eigenvalue weighted by molar-refractivity contribution is 0.0979. The van der Waals surface area contributed by atoms with E-state index in [9.17, 15) is 9.59 Å². The van der Waals surface area contributed by atoms with E-state index in [1.807, 2.05) is 24.3 Å². The summed E-state index contributed by atoms with van der Waals surface area (Å²) in [4.78, 5) is 25.9. The predicted molar refractivity (Wildman–Crippen MR) is 108 cm³/mol. The molecule has 4 rings (SSSR count). The van der Waals surface area contributed by atoms with E-state index < -0.39 is 0 Å². The van der Waals surface area contributed by atoms with Crippen molar-refractivity contribution in [3.8, 4) is 0 Å². The van der Waals surface area contributed by atoms with Gasteiger partial charge in [0, 0.05) is 22.4 Å². The summed E-state index contributed by atoms with van der Waals surface area (Å²) in [7, 11) is 0. The van der Waals surface area contributed by atoms with Gasteiger partial charge < -0.3 is 5.32 Å². The molecule has 0 fully saturated rings. The van der Waals surface area contributed by atoms with Gasteiger partial charge >= 0.3 is 0 Å². The largest absolute Gasteiger partial charge is 0.355 e. The Labute approximate surface area is 159 Å². The van der Waals surface area contributed by atoms with Crippen LogP contribution in [0.4, 0.5) is 11.4 Å². The van der Waals surface area contributed by atoms with Crippen molar-refractivity contribution in [3.63, 3.8) is 0 Å². The number of hydrogen-bond acceptors (Lipinski definition) is 3. The second kappa shape index (κ2) is 6.84. The topological polar surface area (TPSA) is 46.2 Å². The molecule has 1 aliphatic carbocycles. The van der Waals surface area contributed by atoms with Crippen LogP contribution in [-0.4, -0.2) is 11.6 Å². The molecule has 0 amide bonds. The molecule has 0 bridgehead atoms. The monoisotopic (exact) mass is 355 g/mol. The summed E-state index contributed by atoms with van der Waals surface area (Å²) < 4.78 is 0. The number of carbonyl (C=O) groups is 2. The van der Waals surface area contributed by atoms with Crippen LogP contribution in [0, 0.1) is 5.92 Å². The molecule has 0 heterocycles. The van der Waals surface area contributed by atoms with E-state index in [-0.39, 0.29) is 11.6 Å². The van der Waals surface area contributed by atoms with Gasteiger partial charge in [0.25, 0.3) is 0 Å². The Morgan fingerprint density at radius 3 is 2.04 bits per heavy atom. The maximum absolute atomic E-state index is 13.0. The Morgan fingerprint density at radius 2 is 1.37 bits per heavy atom. The summed E-state index contributed by atoms with van der Waals surface area (Å²) in [6.45, 7) is 4.39. The molecule has 3 aromatic carbocycles. The molecule has 0 spiro atoms. The van der Waals surface area contributed by atoms with E-state index in [1.54, 1.807) is 30.3 Å². The highest BCUT2D eigenvalue weighted by atomic mass is 16.1. The first kappa shape index (κ1) is 17.2. The van der Waals surface area contributed by atoms with E-state index in [1.165, 1.54) is 5.56 Å². The van der Waals surface area contributed by atoms with E-state index in [4.69, 9.17) is 0 Å². The molecule has 0 aliphatic heterocycles. The zero-order valence-corrected chi connectivity index (χ0v) is 15.5. The van der Waals surface area contributed by atoms with Crippen molar-refractivity contribution in [2.75, 3.05) is 5.32 Å². The molecule has 0 atom stereocenters. The van der Waals surface area contributed by atoms with Crippen molar-refractivity contribution in [1.29, 1.82) is 0 Å². The minimum absolute atomic E-state index is 0.101. The van der Waals surface area contributed by atoms with E-state index in [0.717, 1.165) is 12.1 Å². The van der Waals surface area contributed by atoms with Crippen molar-refractivity contribution in [3.05, 3.63) is 94.5 Å². The molecule has 0 saturated carbocycles. The van der Waals surface area contributed by atoms with Crippen LogP contribution in [0.1, 0.15) is 51.3 Å². The molecule has 1 aliphatic rings. The minimum Gasteiger partial charge on any atom is -0.355 e. The van der Waals surface area contributed by atoms with Crippen molar-refractivity contribution in [1.82, 2.24) is 0 Å². The molecule has 3 nitrogen and oxygen atoms in total. The quantitative estimate of drug-likeness (QED) is 0.533. The molecule has 3 heteroatoms. The standard InChI is InChI=1S/C24H21NO2/c1-15(2)14-16-10-12-17(13-11-16)25-21-9-5-8-20-22(21)24(27)19-7-4-3-6-18(19)23(20)26/h3-13,15,25H,14H2,1-2H3. The Morgan fingerprint density at radius 1 is 0.741 bits per heavy atom. The fourth-order valence-electron chi connectivity index (χ4n) is 3.60. The first-order chi connectivity index (χ1) is 13.0. The number of fused-ring (bicyclic) bond motifs is 2. The molecular formula is C24H21NO2. The Hall–Kier alpha value is -3.20. The summed E-state index contributed by atoms with van der Waals surface area (Å²) in [6, 6.07) is 20.6. The van der Waals surface area contributed by atoms with Gasteiger partial charge in [-0.1, -0.05) is 62.4 Å². The van der Waals surface area contributed by atoms with Gasteiger partial charge in [-0.15, -0.1) is 0 Å². The second-order valence-corrected chi connectivity index (χ2v) is 7.35. The zero-order chi connectivity index (χ0) is 19.0. The number of ketones is 2. The molecule has 3 aromatic rings. The van der Waals surface area contributed by atoms with Crippen LogP contribution < -0.4 is 5.32 Å². The predicted octanol–water partition coefficient (Wildman–Crippen LogP) is 5.40. The average molecular weight is 355 g/mol. The van der Waals surface area contributed by atoms with Crippen LogP contribution in [0.5, 0.6) is 0 Å². The SMILES string of the molecule is CC(C)Cc1ccc(Nc2cccc3c2C(=O)c2ccccc2C3=O)cc1. The van der Waals surface area contributed by atoms with Crippen molar-refractivity contribution < 1.29 is 9.59 Å². The lowest BCUT2D eigenvalue weighted by Crippen LogP contribution is -2.22. The van der Waals surface area contributed by atoms with Gasteiger partial charge in [0.05, 0.1) is 11.3 Å². The van der Waals surface area contributed by atoms with Gasteiger partial charge in [-0.05, 0) is 36.1 Å². The van der Waals surface area contributed by atoms with Crippen LogP contribution in [0.25, 0.3) is 0 Å². The molecule has 0 unspecified atom stereocenters. The molecule has 0 radical (unpaired) electrons. The number of rotatable bonds is 4. The highest BCUT2D eigenvalue weighted by Gasteiger charge is 2.31. The van der Waals surface area contributed by atoms with Gasteiger partial charge in [-0.3, -0.25) is 9.59 Å². The summed E-state index contributed by atoms with van der Waals surface area (Å²) in [5.74, 6) is 0.393. The van der Waals surface area contributed by atoms with Crippen LogP contribution in [-0.2, 0) is 6.42 Å². The Balaban J connectivity index is 1.70. The lowest BCUT2D eigenvalue weighted by atomic mass is 9.83. The molecular weight excluding hydrogens is 334 g/mol. The Bertz CT molecular complexity index is 1030. The number of benzene rings is 3. The second-order valence-electron chi connectivity index (χ2n) is 7.35. The van der Waals surface area contributed by atoms with Crippen molar-refractivity contribution in [2.24, 2.45) is 5.92 Å². The molecule has 134 valence electrons. The molecule has 27 heavy (non-hydrogen) atoms.